The van der Waals surface area contributed by atoms with Crippen molar-refractivity contribution in [2.24, 2.45) is 5.92 Å². The molecule has 0 aliphatic heterocycles. The lowest BCUT2D eigenvalue weighted by atomic mass is 9.94. The van der Waals surface area contributed by atoms with Gasteiger partial charge in [0.05, 0.1) is 0 Å². The molecule has 0 bridgehead atoms. The fourth-order valence-corrected chi connectivity index (χ4v) is 2.13. The van der Waals surface area contributed by atoms with E-state index in [-0.39, 0.29) is 0 Å². The Kier molecular flexibility index (Phi) is 4.43. The zero-order chi connectivity index (χ0) is 11.9. The highest BCUT2D eigenvalue weighted by Crippen LogP contribution is 2.22. The van der Waals surface area contributed by atoms with Gasteiger partial charge in [-0.05, 0) is 37.0 Å². The molecule has 1 heteroatoms. The van der Waals surface area contributed by atoms with E-state index in [9.17, 15) is 0 Å². The summed E-state index contributed by atoms with van der Waals surface area (Å²) in [6.45, 7) is 2.25. The number of allylic oxidation sites excluding steroid dienone is 3. The number of hydrogen-bond donors (Lipinski definition) is 1. The van der Waals surface area contributed by atoms with E-state index < -0.39 is 0 Å². The van der Waals surface area contributed by atoms with E-state index in [0.717, 1.165) is 11.6 Å². The van der Waals surface area contributed by atoms with Crippen LogP contribution < -0.4 is 5.32 Å². The molecule has 0 aromatic heterocycles. The molecule has 1 nitrogen and oxygen atoms in total. The maximum absolute atomic E-state index is 3.43. The van der Waals surface area contributed by atoms with E-state index >= 15 is 0 Å². The fraction of sp³-hybridized carbons (Fsp3) is 0.375. The largest absolute Gasteiger partial charge is 0.356 e. The van der Waals surface area contributed by atoms with Crippen molar-refractivity contribution in [1.29, 1.82) is 0 Å². The van der Waals surface area contributed by atoms with Crippen LogP contribution in [0.1, 0.15) is 32.6 Å². The minimum Gasteiger partial charge on any atom is -0.356 e. The number of anilines is 1. The molecular weight excluding hydrogens is 206 g/mol. The molecule has 0 unspecified atom stereocenters. The van der Waals surface area contributed by atoms with Crippen molar-refractivity contribution >= 4 is 5.69 Å². The van der Waals surface area contributed by atoms with E-state index in [4.69, 9.17) is 0 Å². The molecule has 17 heavy (non-hydrogen) atoms. The van der Waals surface area contributed by atoms with Crippen LogP contribution in [0.5, 0.6) is 0 Å². The van der Waals surface area contributed by atoms with Gasteiger partial charge < -0.3 is 5.32 Å². The highest BCUT2D eigenvalue weighted by atomic mass is 14.9. The summed E-state index contributed by atoms with van der Waals surface area (Å²) in [4.78, 5) is 0. The second-order valence-corrected chi connectivity index (χ2v) is 4.65. The van der Waals surface area contributed by atoms with Crippen molar-refractivity contribution in [2.75, 3.05) is 5.32 Å². The van der Waals surface area contributed by atoms with Crippen LogP contribution in [-0.4, -0.2) is 0 Å². The predicted octanol–water partition coefficient (Wildman–Crippen LogP) is 4.75. The third-order valence-electron chi connectivity index (χ3n) is 3.18. The third-order valence-corrected chi connectivity index (χ3v) is 3.18. The van der Waals surface area contributed by atoms with E-state index in [0.29, 0.717) is 0 Å². The monoisotopic (exact) mass is 227 g/mol. The molecular formula is C16H21N. The molecule has 0 heterocycles. The molecule has 1 aliphatic rings. The molecule has 1 aliphatic carbocycles. The van der Waals surface area contributed by atoms with Crippen molar-refractivity contribution in [3.63, 3.8) is 0 Å². The molecule has 0 radical (unpaired) electrons. The van der Waals surface area contributed by atoms with Gasteiger partial charge in [0.15, 0.2) is 0 Å². The molecule has 0 fully saturated rings. The van der Waals surface area contributed by atoms with Gasteiger partial charge in [0, 0.05) is 11.4 Å². The Hall–Kier alpha value is -1.50. The van der Waals surface area contributed by atoms with Crippen LogP contribution in [0.25, 0.3) is 0 Å². The van der Waals surface area contributed by atoms with Gasteiger partial charge in [-0.25, -0.2) is 0 Å². The van der Waals surface area contributed by atoms with Gasteiger partial charge in [-0.3, -0.25) is 0 Å². The van der Waals surface area contributed by atoms with Crippen LogP contribution in [0.3, 0.4) is 0 Å². The maximum atomic E-state index is 3.43. The average molecular weight is 227 g/mol. The first kappa shape index (κ1) is 12.0. The minimum absolute atomic E-state index is 0.747. The zero-order valence-corrected chi connectivity index (χ0v) is 10.5. The second-order valence-electron chi connectivity index (χ2n) is 4.65. The normalized spacial score (nSPS) is 18.9. The van der Waals surface area contributed by atoms with Crippen LogP contribution in [0.2, 0.25) is 0 Å². The smallest absolute Gasteiger partial charge is 0.0384 e. The topological polar surface area (TPSA) is 12.0 Å². The van der Waals surface area contributed by atoms with E-state index in [2.05, 4.69) is 54.7 Å². The second kappa shape index (κ2) is 6.29. The lowest BCUT2D eigenvalue weighted by molar-refractivity contribution is 0.556. The Morgan fingerprint density at radius 1 is 1.24 bits per heavy atom. The molecule has 0 spiro atoms. The van der Waals surface area contributed by atoms with Gasteiger partial charge >= 0.3 is 0 Å². The molecule has 1 atom stereocenters. The lowest BCUT2D eigenvalue weighted by Gasteiger charge is -2.17. The van der Waals surface area contributed by atoms with E-state index in [1.54, 1.807) is 0 Å². The standard InChI is InChI=1S/C16H21N/c1-2-3-7-14-10-12-16(13-11-14)17-15-8-5-4-6-9-15/h4-6,8-10,12-14,17H,2-3,7,11H2,1H3/t14-/m1/s1. The highest BCUT2D eigenvalue weighted by molar-refractivity contribution is 5.51. The molecule has 0 amide bonds. The first-order valence-corrected chi connectivity index (χ1v) is 6.59. The third kappa shape index (κ3) is 3.77. The number of nitrogens with one attached hydrogen (secondary N) is 1. The van der Waals surface area contributed by atoms with Crippen LogP contribution >= 0.6 is 0 Å². The maximum Gasteiger partial charge on any atom is 0.0384 e. The first-order chi connectivity index (χ1) is 8.38. The van der Waals surface area contributed by atoms with Crippen LogP contribution in [0.15, 0.2) is 54.3 Å². The van der Waals surface area contributed by atoms with Crippen LogP contribution in [0.4, 0.5) is 5.69 Å². The molecule has 1 aromatic rings. The summed E-state index contributed by atoms with van der Waals surface area (Å²) in [6, 6.07) is 10.3. The first-order valence-electron chi connectivity index (χ1n) is 6.59. The molecule has 1 N–H and O–H groups in total. The Morgan fingerprint density at radius 2 is 2.06 bits per heavy atom. The summed E-state index contributed by atoms with van der Waals surface area (Å²) in [7, 11) is 0. The summed E-state index contributed by atoms with van der Waals surface area (Å²) >= 11 is 0. The average Bonchev–Trinajstić information content (AvgIpc) is 2.39. The molecule has 1 aromatic carbocycles. The van der Waals surface area contributed by atoms with E-state index in [1.807, 2.05) is 6.07 Å². The fourth-order valence-electron chi connectivity index (χ4n) is 2.13. The number of benzene rings is 1. The number of unbranched alkanes of at least 4 members (excludes halogenated alkanes) is 1. The number of hydrogen-bond acceptors (Lipinski definition) is 1. The van der Waals surface area contributed by atoms with Crippen molar-refractivity contribution in [1.82, 2.24) is 0 Å². The van der Waals surface area contributed by atoms with Gasteiger partial charge in [-0.1, -0.05) is 50.1 Å². The van der Waals surface area contributed by atoms with Crippen molar-refractivity contribution in [2.45, 2.75) is 32.6 Å². The van der Waals surface area contributed by atoms with Crippen molar-refractivity contribution < 1.29 is 0 Å². The van der Waals surface area contributed by atoms with Crippen LogP contribution in [-0.2, 0) is 0 Å². The van der Waals surface area contributed by atoms with Crippen LogP contribution in [0, 0.1) is 5.92 Å². The van der Waals surface area contributed by atoms with Gasteiger partial charge in [0.25, 0.3) is 0 Å². The summed E-state index contributed by atoms with van der Waals surface area (Å²) in [5.74, 6) is 0.747. The van der Waals surface area contributed by atoms with E-state index in [1.165, 1.54) is 31.4 Å². The molecule has 0 saturated heterocycles. The Balaban J connectivity index is 1.85. The molecule has 90 valence electrons. The Bertz CT molecular complexity index is 389. The summed E-state index contributed by atoms with van der Waals surface area (Å²) < 4.78 is 0. The summed E-state index contributed by atoms with van der Waals surface area (Å²) in [5.41, 5.74) is 2.39. The summed E-state index contributed by atoms with van der Waals surface area (Å²) in [5, 5.41) is 3.43. The van der Waals surface area contributed by atoms with Gasteiger partial charge in [0.1, 0.15) is 0 Å². The minimum atomic E-state index is 0.747. The highest BCUT2D eigenvalue weighted by Gasteiger charge is 2.07. The lowest BCUT2D eigenvalue weighted by Crippen LogP contribution is -2.05. The molecule has 0 saturated carbocycles. The predicted molar refractivity (Wildman–Crippen MR) is 74.9 cm³/mol. The van der Waals surface area contributed by atoms with Crippen molar-refractivity contribution in [3.8, 4) is 0 Å². The quantitative estimate of drug-likeness (QED) is 0.765. The van der Waals surface area contributed by atoms with Gasteiger partial charge in [0.2, 0.25) is 0 Å². The Labute approximate surface area is 104 Å². The number of para-hydroxylation sites is 1. The van der Waals surface area contributed by atoms with Gasteiger partial charge in [-0.2, -0.15) is 0 Å². The summed E-state index contributed by atoms with van der Waals surface area (Å²) in [6.07, 6.45) is 12.0. The number of rotatable bonds is 5. The van der Waals surface area contributed by atoms with Crippen molar-refractivity contribution in [3.05, 3.63) is 54.3 Å². The molecule has 2 rings (SSSR count). The SMILES string of the molecule is CCCC[C@@H]1C=CC(Nc2ccccc2)=CC1. The van der Waals surface area contributed by atoms with Gasteiger partial charge in [-0.15, -0.1) is 0 Å². The zero-order valence-electron chi connectivity index (χ0n) is 10.5. The Morgan fingerprint density at radius 3 is 2.71 bits per heavy atom.